The van der Waals surface area contributed by atoms with Gasteiger partial charge in [-0.1, -0.05) is 13.8 Å². The first-order chi connectivity index (χ1) is 8.62. The van der Waals surface area contributed by atoms with Crippen molar-refractivity contribution < 1.29 is 9.84 Å². The summed E-state index contributed by atoms with van der Waals surface area (Å²) in [7, 11) is 1.76. The molecule has 1 N–H and O–H groups in total. The number of methoxy groups -OCH3 is 1. The normalized spacial score (nSPS) is 18.3. The number of rotatable bonds is 10. The molecule has 0 amide bonds. The van der Waals surface area contributed by atoms with Crippen molar-refractivity contribution in [2.24, 2.45) is 11.3 Å². The van der Waals surface area contributed by atoms with Crippen LogP contribution < -0.4 is 0 Å². The summed E-state index contributed by atoms with van der Waals surface area (Å²) in [6, 6.07) is 0.629. The third-order valence-corrected chi connectivity index (χ3v) is 4.84. The minimum Gasteiger partial charge on any atom is -0.396 e. The highest BCUT2D eigenvalue weighted by molar-refractivity contribution is 4.89. The molecule has 1 atom stereocenters. The largest absolute Gasteiger partial charge is 0.396 e. The lowest BCUT2D eigenvalue weighted by atomic mass is 9.82. The van der Waals surface area contributed by atoms with Crippen molar-refractivity contribution in [1.82, 2.24) is 4.90 Å². The predicted octanol–water partition coefficient (Wildman–Crippen LogP) is 2.53. The lowest BCUT2D eigenvalue weighted by Crippen LogP contribution is -2.46. The maximum absolute atomic E-state index is 9.73. The van der Waals surface area contributed by atoms with Crippen LogP contribution >= 0.6 is 0 Å². The van der Waals surface area contributed by atoms with E-state index in [2.05, 4.69) is 25.7 Å². The molecule has 0 aliphatic heterocycles. The maximum Gasteiger partial charge on any atom is 0.0589 e. The lowest BCUT2D eigenvalue weighted by molar-refractivity contribution is 0.0318. The number of hydrogen-bond donors (Lipinski definition) is 1. The molecule has 3 nitrogen and oxygen atoms in total. The second kappa shape index (κ2) is 7.46. The van der Waals surface area contributed by atoms with Gasteiger partial charge in [0, 0.05) is 38.3 Å². The van der Waals surface area contributed by atoms with E-state index in [0.717, 1.165) is 38.5 Å². The third-order valence-electron chi connectivity index (χ3n) is 4.84. The van der Waals surface area contributed by atoms with Gasteiger partial charge in [-0.05, 0) is 38.5 Å². The van der Waals surface area contributed by atoms with Gasteiger partial charge in [0.1, 0.15) is 0 Å². The summed E-state index contributed by atoms with van der Waals surface area (Å²) in [5, 5.41) is 9.73. The molecular formula is C15H31NO2. The van der Waals surface area contributed by atoms with Crippen molar-refractivity contribution in [3.63, 3.8) is 0 Å². The first-order valence-corrected chi connectivity index (χ1v) is 7.46. The summed E-state index contributed by atoms with van der Waals surface area (Å²) >= 11 is 0. The van der Waals surface area contributed by atoms with Crippen LogP contribution in [-0.4, -0.2) is 49.5 Å². The van der Waals surface area contributed by atoms with Gasteiger partial charge < -0.3 is 9.84 Å². The van der Waals surface area contributed by atoms with Gasteiger partial charge >= 0.3 is 0 Å². The Bertz CT molecular complexity index is 216. The molecule has 18 heavy (non-hydrogen) atoms. The first kappa shape index (κ1) is 15.9. The van der Waals surface area contributed by atoms with Gasteiger partial charge in [0.05, 0.1) is 6.61 Å². The van der Waals surface area contributed by atoms with Gasteiger partial charge in [0.15, 0.2) is 0 Å². The summed E-state index contributed by atoms with van der Waals surface area (Å²) in [5.41, 5.74) is 0.0664. The van der Waals surface area contributed by atoms with Crippen LogP contribution in [0, 0.1) is 11.3 Å². The van der Waals surface area contributed by atoms with E-state index in [1.54, 1.807) is 7.11 Å². The highest BCUT2D eigenvalue weighted by Gasteiger charge is 2.36. The van der Waals surface area contributed by atoms with Gasteiger partial charge in [-0.3, -0.25) is 4.90 Å². The van der Waals surface area contributed by atoms with E-state index in [1.165, 1.54) is 12.8 Å². The maximum atomic E-state index is 9.73. The number of hydrogen-bond acceptors (Lipinski definition) is 3. The minimum atomic E-state index is 0.0664. The highest BCUT2D eigenvalue weighted by Crippen LogP contribution is 2.37. The van der Waals surface area contributed by atoms with Crippen molar-refractivity contribution in [3.05, 3.63) is 0 Å². The summed E-state index contributed by atoms with van der Waals surface area (Å²) < 4.78 is 5.23. The van der Waals surface area contributed by atoms with Crippen LogP contribution in [0.25, 0.3) is 0 Å². The number of aliphatic hydroxyl groups excluding tert-OH is 1. The second-order valence-corrected chi connectivity index (χ2v) is 5.91. The van der Waals surface area contributed by atoms with Gasteiger partial charge in [0.2, 0.25) is 0 Å². The average molecular weight is 257 g/mol. The molecule has 0 aromatic heterocycles. The molecule has 0 spiro atoms. The molecule has 1 aliphatic carbocycles. The van der Waals surface area contributed by atoms with Crippen molar-refractivity contribution in [3.8, 4) is 0 Å². The molecule has 0 saturated heterocycles. The molecule has 0 aromatic carbocycles. The molecule has 1 unspecified atom stereocenters. The zero-order valence-electron chi connectivity index (χ0n) is 12.6. The van der Waals surface area contributed by atoms with E-state index in [0.29, 0.717) is 12.6 Å². The van der Waals surface area contributed by atoms with Crippen LogP contribution in [0.2, 0.25) is 0 Å². The van der Waals surface area contributed by atoms with E-state index >= 15 is 0 Å². The Balaban J connectivity index is 2.62. The van der Waals surface area contributed by atoms with Crippen LogP contribution in [-0.2, 0) is 4.74 Å². The highest BCUT2D eigenvalue weighted by atomic mass is 16.5. The third kappa shape index (κ3) is 4.22. The molecule has 0 aromatic rings. The second-order valence-electron chi connectivity index (χ2n) is 5.91. The molecule has 1 fully saturated rings. The quantitative estimate of drug-likeness (QED) is 0.653. The molecule has 3 heteroatoms. The van der Waals surface area contributed by atoms with E-state index in [4.69, 9.17) is 4.74 Å². The molecule has 1 rings (SSSR count). The fraction of sp³-hybridized carbons (Fsp3) is 1.00. The van der Waals surface area contributed by atoms with Crippen molar-refractivity contribution in [1.29, 1.82) is 0 Å². The van der Waals surface area contributed by atoms with Crippen LogP contribution in [0.3, 0.4) is 0 Å². The SMILES string of the molecule is CCC(CC)(CO)CN(CCOC)C(C)C1CC1. The Hall–Kier alpha value is -0.120. The summed E-state index contributed by atoms with van der Waals surface area (Å²) in [6.45, 7) is 9.77. The number of aliphatic hydroxyl groups is 1. The molecule has 0 heterocycles. The van der Waals surface area contributed by atoms with Crippen LogP contribution in [0.15, 0.2) is 0 Å². The molecule has 108 valence electrons. The Morgan fingerprint density at radius 3 is 2.33 bits per heavy atom. The predicted molar refractivity (Wildman–Crippen MR) is 75.7 cm³/mol. The topological polar surface area (TPSA) is 32.7 Å². The zero-order chi connectivity index (χ0) is 13.6. The Morgan fingerprint density at radius 1 is 1.33 bits per heavy atom. The zero-order valence-corrected chi connectivity index (χ0v) is 12.6. The van der Waals surface area contributed by atoms with E-state index < -0.39 is 0 Å². The van der Waals surface area contributed by atoms with E-state index in [9.17, 15) is 5.11 Å². The monoisotopic (exact) mass is 257 g/mol. The fourth-order valence-electron chi connectivity index (χ4n) is 2.69. The van der Waals surface area contributed by atoms with Gasteiger partial charge in [-0.15, -0.1) is 0 Å². The molecule has 1 saturated carbocycles. The van der Waals surface area contributed by atoms with Crippen molar-refractivity contribution >= 4 is 0 Å². The van der Waals surface area contributed by atoms with Crippen LogP contribution in [0.1, 0.15) is 46.5 Å². The minimum absolute atomic E-state index is 0.0664. The van der Waals surface area contributed by atoms with Gasteiger partial charge in [-0.2, -0.15) is 0 Å². The number of ether oxygens (including phenoxy) is 1. The smallest absolute Gasteiger partial charge is 0.0589 e. The van der Waals surface area contributed by atoms with E-state index in [1.807, 2.05) is 0 Å². The van der Waals surface area contributed by atoms with Gasteiger partial charge in [-0.25, -0.2) is 0 Å². The van der Waals surface area contributed by atoms with Crippen molar-refractivity contribution in [2.45, 2.75) is 52.5 Å². The summed E-state index contributed by atoms with van der Waals surface area (Å²) in [5.74, 6) is 0.868. The fourth-order valence-corrected chi connectivity index (χ4v) is 2.69. The molecule has 0 radical (unpaired) electrons. The lowest BCUT2D eigenvalue weighted by Gasteiger charge is -2.39. The van der Waals surface area contributed by atoms with Crippen LogP contribution in [0.5, 0.6) is 0 Å². The standard InChI is InChI=1S/C15H31NO2/c1-5-15(6-2,12-17)11-16(9-10-18-4)13(3)14-7-8-14/h13-14,17H,5-12H2,1-4H3. The molecule has 1 aliphatic rings. The average Bonchev–Trinajstić information content (AvgIpc) is 3.24. The Labute approximate surface area is 113 Å². The van der Waals surface area contributed by atoms with Crippen molar-refractivity contribution in [2.75, 3.05) is 33.4 Å². The Morgan fingerprint density at radius 2 is 1.94 bits per heavy atom. The van der Waals surface area contributed by atoms with Gasteiger partial charge in [0.25, 0.3) is 0 Å². The summed E-state index contributed by atoms with van der Waals surface area (Å²) in [4.78, 5) is 2.53. The molecule has 0 bridgehead atoms. The first-order valence-electron chi connectivity index (χ1n) is 7.46. The van der Waals surface area contributed by atoms with E-state index in [-0.39, 0.29) is 5.41 Å². The summed E-state index contributed by atoms with van der Waals surface area (Å²) in [6.07, 6.45) is 4.83. The Kier molecular flexibility index (Phi) is 6.61. The molecular weight excluding hydrogens is 226 g/mol. The van der Waals surface area contributed by atoms with Crippen LogP contribution in [0.4, 0.5) is 0 Å². The number of nitrogens with zero attached hydrogens (tertiary/aromatic N) is 1.